The van der Waals surface area contributed by atoms with Crippen LogP contribution in [0.1, 0.15) is 133 Å². The summed E-state index contributed by atoms with van der Waals surface area (Å²) in [6.07, 6.45) is 4.49. The average molecular weight is 778 g/mol. The van der Waals surface area contributed by atoms with Gasteiger partial charge in [-0.2, -0.15) is 0 Å². The number of hydrogen-bond acceptors (Lipinski definition) is 9. The zero-order chi connectivity index (χ0) is 41.3. The van der Waals surface area contributed by atoms with Gasteiger partial charge in [-0.25, -0.2) is 14.4 Å². The fourth-order valence-electron chi connectivity index (χ4n) is 5.57. The minimum Gasteiger partial charge on any atom is -0.478 e. The van der Waals surface area contributed by atoms with Crippen LogP contribution < -0.4 is 16.4 Å². The lowest BCUT2D eigenvalue weighted by Gasteiger charge is -2.19. The fourth-order valence-corrected chi connectivity index (χ4v) is 5.57. The SMILES string of the molecule is C.CC(C)(C)OC(=O)NCCN.CC1=C(Cc2ccc(C(=O)CCCNC(=O)OC(C)(C)C)cc2)CCC1=O.CC1=C(Cc2ccc(C(=O)O)cc2)CCC1=O. The van der Waals surface area contributed by atoms with Crippen molar-refractivity contribution >= 4 is 35.5 Å². The molecule has 0 fully saturated rings. The quantitative estimate of drug-likeness (QED) is 0.121. The maximum atomic E-state index is 12.3. The lowest BCUT2D eigenvalue weighted by atomic mass is 9.99. The normalized spacial score (nSPS) is 13.8. The second-order valence-electron chi connectivity index (χ2n) is 15.5. The molecule has 2 aromatic carbocycles. The topological polar surface area (TPSA) is 191 Å². The molecule has 2 amide bonds. The van der Waals surface area contributed by atoms with Crippen LogP contribution in [0.25, 0.3) is 0 Å². The summed E-state index contributed by atoms with van der Waals surface area (Å²) >= 11 is 0. The molecular weight excluding hydrogens is 714 g/mol. The van der Waals surface area contributed by atoms with E-state index < -0.39 is 29.4 Å². The Hall–Kier alpha value is -5.10. The van der Waals surface area contributed by atoms with Gasteiger partial charge in [-0.3, -0.25) is 14.4 Å². The Labute approximate surface area is 332 Å². The number of carboxylic acids is 1. The molecule has 12 heteroatoms. The second-order valence-corrected chi connectivity index (χ2v) is 15.5. The summed E-state index contributed by atoms with van der Waals surface area (Å²) in [6.45, 7) is 15.9. The highest BCUT2D eigenvalue weighted by Gasteiger charge is 2.21. The molecule has 0 spiro atoms. The molecule has 0 bridgehead atoms. The maximum Gasteiger partial charge on any atom is 0.407 e. The maximum absolute atomic E-state index is 12.3. The van der Waals surface area contributed by atoms with Crippen molar-refractivity contribution < 1.29 is 43.3 Å². The van der Waals surface area contributed by atoms with Crippen molar-refractivity contribution in [2.75, 3.05) is 19.6 Å². The smallest absolute Gasteiger partial charge is 0.407 e. The zero-order valence-electron chi connectivity index (χ0n) is 33.7. The lowest BCUT2D eigenvalue weighted by Crippen LogP contribution is -2.35. The molecule has 0 aliphatic heterocycles. The molecule has 0 heterocycles. The molecule has 308 valence electrons. The summed E-state index contributed by atoms with van der Waals surface area (Å²) in [4.78, 5) is 68.4. The number of rotatable bonds is 12. The van der Waals surface area contributed by atoms with Crippen molar-refractivity contribution in [2.45, 2.75) is 125 Å². The predicted molar refractivity (Wildman–Crippen MR) is 219 cm³/mol. The van der Waals surface area contributed by atoms with Gasteiger partial charge in [0, 0.05) is 44.5 Å². The molecular formula is C44H63N3O9. The Morgan fingerprint density at radius 2 is 1.05 bits per heavy atom. The zero-order valence-corrected chi connectivity index (χ0v) is 33.7. The van der Waals surface area contributed by atoms with E-state index in [1.807, 2.05) is 91.8 Å². The lowest BCUT2D eigenvalue weighted by molar-refractivity contribution is -0.115. The van der Waals surface area contributed by atoms with Crippen molar-refractivity contribution in [3.05, 3.63) is 93.1 Å². The Kier molecular flexibility index (Phi) is 20.2. The minimum absolute atomic E-state index is 0. The highest BCUT2D eigenvalue weighted by Crippen LogP contribution is 2.27. The number of ether oxygens (including phenoxy) is 2. The van der Waals surface area contributed by atoms with Crippen LogP contribution in [-0.4, -0.2) is 71.4 Å². The minimum atomic E-state index is -0.914. The predicted octanol–water partition coefficient (Wildman–Crippen LogP) is 8.11. The van der Waals surface area contributed by atoms with Crippen LogP contribution in [0, 0.1) is 0 Å². The number of nitrogens with one attached hydrogen (secondary N) is 2. The van der Waals surface area contributed by atoms with Gasteiger partial charge in [0.15, 0.2) is 17.3 Å². The Bertz CT molecular complexity index is 1730. The van der Waals surface area contributed by atoms with Gasteiger partial charge in [-0.1, -0.05) is 55.0 Å². The molecule has 12 nitrogen and oxygen atoms in total. The molecule has 0 saturated heterocycles. The van der Waals surface area contributed by atoms with Crippen LogP contribution in [0.4, 0.5) is 9.59 Å². The van der Waals surface area contributed by atoms with Crippen LogP contribution in [0.2, 0.25) is 0 Å². The highest BCUT2D eigenvalue weighted by molar-refractivity contribution is 5.99. The van der Waals surface area contributed by atoms with Gasteiger partial charge in [-0.15, -0.1) is 0 Å². The molecule has 2 aromatic rings. The molecule has 2 aliphatic carbocycles. The summed E-state index contributed by atoms with van der Waals surface area (Å²) in [7, 11) is 0. The summed E-state index contributed by atoms with van der Waals surface area (Å²) in [5.74, 6) is -0.374. The van der Waals surface area contributed by atoms with E-state index in [0.717, 1.165) is 48.0 Å². The van der Waals surface area contributed by atoms with Crippen molar-refractivity contribution in [3.8, 4) is 0 Å². The number of benzene rings is 2. The van der Waals surface area contributed by atoms with Crippen LogP contribution >= 0.6 is 0 Å². The highest BCUT2D eigenvalue weighted by atomic mass is 16.6. The van der Waals surface area contributed by atoms with Crippen molar-refractivity contribution in [1.29, 1.82) is 0 Å². The Morgan fingerprint density at radius 3 is 1.39 bits per heavy atom. The largest absolute Gasteiger partial charge is 0.478 e. The van der Waals surface area contributed by atoms with Crippen LogP contribution in [0.5, 0.6) is 0 Å². The third-order valence-corrected chi connectivity index (χ3v) is 8.58. The van der Waals surface area contributed by atoms with Gasteiger partial charge in [0.2, 0.25) is 0 Å². The Morgan fingerprint density at radius 1 is 0.661 bits per heavy atom. The Balaban J connectivity index is 0.000000462. The first-order valence-corrected chi connectivity index (χ1v) is 18.7. The van der Waals surface area contributed by atoms with Gasteiger partial charge in [0.25, 0.3) is 0 Å². The number of carboxylic acid groups (broad SMARTS) is 1. The monoisotopic (exact) mass is 777 g/mol. The van der Waals surface area contributed by atoms with E-state index in [-0.39, 0.29) is 24.8 Å². The first-order chi connectivity index (χ1) is 25.7. The molecule has 2 aliphatic rings. The molecule has 0 unspecified atom stereocenters. The number of amides is 2. The number of hydrogen-bond donors (Lipinski definition) is 4. The number of nitrogens with two attached hydrogens (primary N) is 1. The summed E-state index contributed by atoms with van der Waals surface area (Å²) < 4.78 is 10.1. The van der Waals surface area contributed by atoms with Crippen molar-refractivity contribution in [1.82, 2.24) is 10.6 Å². The van der Waals surface area contributed by atoms with Crippen molar-refractivity contribution in [2.24, 2.45) is 5.73 Å². The fraction of sp³-hybridized carbons (Fsp3) is 0.500. The molecule has 56 heavy (non-hydrogen) atoms. The molecule has 0 aromatic heterocycles. The van der Waals surface area contributed by atoms with Gasteiger partial charge in [0.1, 0.15) is 11.2 Å². The van der Waals surface area contributed by atoms with Gasteiger partial charge >= 0.3 is 18.2 Å². The van der Waals surface area contributed by atoms with E-state index >= 15 is 0 Å². The summed E-state index contributed by atoms with van der Waals surface area (Å²) in [6, 6.07) is 14.4. The van der Waals surface area contributed by atoms with E-state index in [9.17, 15) is 28.8 Å². The number of alkyl carbamates (subject to hydrolysis) is 2. The van der Waals surface area contributed by atoms with E-state index in [0.29, 0.717) is 56.4 Å². The second kappa shape index (κ2) is 23.1. The van der Waals surface area contributed by atoms with Crippen LogP contribution in [0.3, 0.4) is 0 Å². The summed E-state index contributed by atoms with van der Waals surface area (Å²) in [5.41, 5.74) is 11.5. The first kappa shape index (κ1) is 48.9. The number of carbonyl (C=O) groups excluding carboxylic acids is 5. The van der Waals surface area contributed by atoms with E-state index in [2.05, 4.69) is 10.6 Å². The van der Waals surface area contributed by atoms with E-state index in [1.54, 1.807) is 12.1 Å². The number of allylic oxidation sites excluding steroid dienone is 4. The number of ketones is 3. The van der Waals surface area contributed by atoms with Gasteiger partial charge < -0.3 is 30.9 Å². The molecule has 4 rings (SSSR count). The standard InChI is InChI=1S/C22H29NO4.C14H14O3.C7H16N2O2.CH4/c1-15-18(11-12-19(15)24)14-16-7-9-17(10-8-16)20(25)6-5-13-23-21(26)27-22(2,3)4;1-9-12(6-7-13(9)15)8-10-2-4-11(5-3-10)14(16)17;1-7(2,3)11-6(10)9-5-4-8;/h7-10H,5-6,11-14H2,1-4H3,(H,23,26);2-5H,6-8H2,1H3,(H,16,17);4-5,8H2,1-3H3,(H,9,10);1H4. The van der Waals surface area contributed by atoms with E-state index in [4.69, 9.17) is 20.3 Å². The molecule has 0 saturated carbocycles. The number of Topliss-reactive ketones (excluding diaryl/α,β-unsaturated/α-hetero) is 3. The van der Waals surface area contributed by atoms with Crippen LogP contribution in [-0.2, 0) is 31.9 Å². The van der Waals surface area contributed by atoms with Crippen LogP contribution in [0.15, 0.2) is 70.8 Å². The average Bonchev–Trinajstić information content (AvgIpc) is 3.59. The third-order valence-electron chi connectivity index (χ3n) is 8.58. The molecule has 0 radical (unpaired) electrons. The van der Waals surface area contributed by atoms with Crippen molar-refractivity contribution in [3.63, 3.8) is 0 Å². The van der Waals surface area contributed by atoms with E-state index in [1.165, 1.54) is 11.1 Å². The number of aromatic carboxylic acids is 1. The molecule has 0 atom stereocenters. The third kappa shape index (κ3) is 18.5. The van der Waals surface area contributed by atoms with Gasteiger partial charge in [-0.05, 0) is 122 Å². The van der Waals surface area contributed by atoms with Gasteiger partial charge in [0.05, 0.1) is 5.56 Å². The first-order valence-electron chi connectivity index (χ1n) is 18.7. The molecule has 5 N–H and O–H groups in total. The number of carbonyl (C=O) groups is 6. The summed E-state index contributed by atoms with van der Waals surface area (Å²) in [5, 5.41) is 13.9.